The molecule has 2 amide bonds. The number of nitrogens with one attached hydrogen (secondary N) is 2. The van der Waals surface area contributed by atoms with Crippen molar-refractivity contribution in [1.29, 1.82) is 0 Å². The fraction of sp³-hybridized carbons (Fsp3) is 0.407. The van der Waals surface area contributed by atoms with Crippen molar-refractivity contribution >= 4 is 32.7 Å². The van der Waals surface area contributed by atoms with Gasteiger partial charge in [-0.2, -0.15) is 0 Å². The van der Waals surface area contributed by atoms with Gasteiger partial charge in [0.15, 0.2) is 0 Å². The minimum absolute atomic E-state index is 0.0659. The Kier molecular flexibility index (Phi) is 6.85. The van der Waals surface area contributed by atoms with Crippen LogP contribution in [0.2, 0.25) is 0 Å². The molecule has 36 heavy (non-hydrogen) atoms. The highest BCUT2D eigenvalue weighted by Crippen LogP contribution is 2.34. The van der Waals surface area contributed by atoms with E-state index in [0.717, 1.165) is 48.9 Å². The first-order chi connectivity index (χ1) is 17.3. The molecule has 2 aromatic carbocycles. The van der Waals surface area contributed by atoms with Gasteiger partial charge in [-0.1, -0.05) is 43.2 Å². The largest absolute Gasteiger partial charge is 0.357 e. The molecule has 2 aliphatic rings. The molecule has 1 aliphatic heterocycles. The number of nitrogens with zero attached hydrogens (tertiary/aromatic N) is 1. The van der Waals surface area contributed by atoms with Crippen LogP contribution < -0.4 is 10.5 Å². The Hall–Kier alpha value is -3.17. The normalized spacial score (nSPS) is 20.2. The van der Waals surface area contributed by atoms with Crippen LogP contribution in [0, 0.1) is 11.8 Å². The van der Waals surface area contributed by atoms with Crippen LogP contribution in [0.4, 0.5) is 0 Å². The van der Waals surface area contributed by atoms with E-state index in [2.05, 4.69) is 22.4 Å². The van der Waals surface area contributed by atoms with Gasteiger partial charge in [-0.05, 0) is 55.0 Å². The second-order valence-electron chi connectivity index (χ2n) is 9.86. The van der Waals surface area contributed by atoms with Gasteiger partial charge < -0.3 is 15.2 Å². The van der Waals surface area contributed by atoms with Crippen LogP contribution in [0.25, 0.3) is 10.9 Å². The molecule has 2 heterocycles. The van der Waals surface area contributed by atoms with Crippen molar-refractivity contribution in [2.75, 3.05) is 13.1 Å². The average molecular weight is 509 g/mol. The molecular weight excluding hydrogens is 476 g/mol. The maximum Gasteiger partial charge on any atom is 0.238 e. The summed E-state index contributed by atoms with van der Waals surface area (Å²) in [6, 6.07) is 14.6. The number of H-pyrrole nitrogens is 1. The lowest BCUT2D eigenvalue weighted by molar-refractivity contribution is -0.144. The zero-order valence-corrected chi connectivity index (χ0v) is 21.0. The van der Waals surface area contributed by atoms with E-state index in [-0.39, 0.29) is 28.5 Å². The van der Waals surface area contributed by atoms with Gasteiger partial charge in [0.1, 0.15) is 0 Å². The van der Waals surface area contributed by atoms with Crippen molar-refractivity contribution in [1.82, 2.24) is 15.2 Å². The Labute approximate surface area is 211 Å². The lowest BCUT2D eigenvalue weighted by Gasteiger charge is -2.35. The predicted octanol–water partition coefficient (Wildman–Crippen LogP) is 2.87. The topological polar surface area (TPSA) is 125 Å². The van der Waals surface area contributed by atoms with Crippen molar-refractivity contribution < 1.29 is 18.0 Å². The van der Waals surface area contributed by atoms with Crippen LogP contribution in [0.5, 0.6) is 0 Å². The summed E-state index contributed by atoms with van der Waals surface area (Å²) in [6.07, 6.45) is 4.75. The molecular formula is C27H32N4O4S. The zero-order chi connectivity index (χ0) is 25.3. The van der Waals surface area contributed by atoms with Gasteiger partial charge in [-0.3, -0.25) is 9.59 Å². The van der Waals surface area contributed by atoms with Gasteiger partial charge >= 0.3 is 0 Å². The van der Waals surface area contributed by atoms with Gasteiger partial charge in [-0.25, -0.2) is 13.6 Å². The fourth-order valence-electron chi connectivity index (χ4n) is 5.66. The summed E-state index contributed by atoms with van der Waals surface area (Å²) in [7, 11) is -3.72. The number of carbonyl (C=O) groups is 2. The molecule has 1 aliphatic carbocycles. The van der Waals surface area contributed by atoms with E-state index in [1.54, 1.807) is 12.1 Å². The molecule has 0 saturated heterocycles. The quantitative estimate of drug-likeness (QED) is 0.473. The van der Waals surface area contributed by atoms with Gasteiger partial charge in [0.25, 0.3) is 0 Å². The molecule has 8 nitrogen and oxygen atoms in total. The number of sulfonamides is 1. The third kappa shape index (κ3) is 5.03. The number of fused-ring (bicyclic) bond motifs is 3. The summed E-state index contributed by atoms with van der Waals surface area (Å²) in [6.45, 7) is 1.66. The Morgan fingerprint density at radius 3 is 2.50 bits per heavy atom. The number of para-hydroxylation sites is 1. The number of aromatic nitrogens is 1. The van der Waals surface area contributed by atoms with Crippen LogP contribution in [0.1, 0.15) is 42.5 Å². The summed E-state index contributed by atoms with van der Waals surface area (Å²) in [5.41, 5.74) is 4.40. The van der Waals surface area contributed by atoms with Crippen LogP contribution in [0.3, 0.4) is 0 Å². The summed E-state index contributed by atoms with van der Waals surface area (Å²) in [5.74, 6) is -0.603. The zero-order valence-electron chi connectivity index (χ0n) is 20.2. The van der Waals surface area contributed by atoms with Gasteiger partial charge in [-0.15, -0.1) is 0 Å². The number of amides is 2. The number of hydrogen-bond donors (Lipinski definition) is 3. The predicted molar refractivity (Wildman–Crippen MR) is 137 cm³/mol. The SMILES string of the molecule is NS(=O)(=O)c1ccc(CCNC(=O)C2CCCCC2C(=O)N2CCc3c([nH]c4ccccc34)C2)cc1. The van der Waals surface area contributed by atoms with Crippen molar-refractivity contribution in [3.05, 3.63) is 65.4 Å². The second kappa shape index (κ2) is 10.1. The molecule has 2 atom stereocenters. The maximum atomic E-state index is 13.6. The Morgan fingerprint density at radius 1 is 1.03 bits per heavy atom. The number of hydrogen-bond acceptors (Lipinski definition) is 4. The highest BCUT2D eigenvalue weighted by atomic mass is 32.2. The first-order valence-electron chi connectivity index (χ1n) is 12.6. The fourth-order valence-corrected chi connectivity index (χ4v) is 6.18. The summed E-state index contributed by atoms with van der Waals surface area (Å²) >= 11 is 0. The monoisotopic (exact) mass is 508 g/mol. The number of primary sulfonamides is 1. The molecule has 190 valence electrons. The molecule has 0 bridgehead atoms. The number of rotatable bonds is 6. The first-order valence-corrected chi connectivity index (χ1v) is 14.1. The average Bonchev–Trinajstić information content (AvgIpc) is 3.26. The lowest BCUT2D eigenvalue weighted by Crippen LogP contribution is -2.47. The van der Waals surface area contributed by atoms with Gasteiger partial charge in [0.2, 0.25) is 21.8 Å². The number of carbonyl (C=O) groups excluding carboxylic acids is 2. The van der Waals surface area contributed by atoms with Crippen LogP contribution >= 0.6 is 0 Å². The van der Waals surface area contributed by atoms with E-state index in [1.165, 1.54) is 23.1 Å². The van der Waals surface area contributed by atoms with E-state index >= 15 is 0 Å². The Morgan fingerprint density at radius 2 is 1.75 bits per heavy atom. The van der Waals surface area contributed by atoms with Crippen molar-refractivity contribution in [2.45, 2.75) is 50.0 Å². The summed E-state index contributed by atoms with van der Waals surface area (Å²) < 4.78 is 22.8. The standard InChI is InChI=1S/C27H32N4O4S/c28-36(34,35)19-11-9-18(10-12-19)13-15-29-26(32)22-6-1-2-7-23(22)27(33)31-16-14-21-20-5-3-4-8-24(20)30-25(21)17-31/h3-5,8-12,22-23,30H,1-2,6-7,13-17H2,(H,29,32)(H2,28,34,35). The molecule has 1 aromatic heterocycles. The minimum atomic E-state index is -3.72. The van der Waals surface area contributed by atoms with Crippen LogP contribution in [0.15, 0.2) is 53.4 Å². The van der Waals surface area contributed by atoms with Crippen LogP contribution in [-0.2, 0) is 39.0 Å². The van der Waals surface area contributed by atoms with Crippen LogP contribution in [-0.4, -0.2) is 43.2 Å². The molecule has 5 rings (SSSR count). The summed E-state index contributed by atoms with van der Waals surface area (Å²) in [4.78, 5) is 32.1. The second-order valence-corrected chi connectivity index (χ2v) is 11.4. The number of benzene rings is 2. The smallest absolute Gasteiger partial charge is 0.238 e. The lowest BCUT2D eigenvalue weighted by atomic mass is 9.77. The maximum absolute atomic E-state index is 13.6. The molecule has 3 aromatic rings. The van der Waals surface area contributed by atoms with Crippen molar-refractivity contribution in [3.8, 4) is 0 Å². The van der Waals surface area contributed by atoms with E-state index in [0.29, 0.717) is 26.1 Å². The van der Waals surface area contributed by atoms with E-state index in [1.807, 2.05) is 17.0 Å². The third-order valence-electron chi connectivity index (χ3n) is 7.58. The Bertz CT molecular complexity index is 1380. The Balaban J connectivity index is 1.20. The first kappa shape index (κ1) is 24.5. The van der Waals surface area contributed by atoms with Gasteiger partial charge in [0.05, 0.1) is 11.4 Å². The molecule has 1 saturated carbocycles. The van der Waals surface area contributed by atoms with Gasteiger partial charge in [0, 0.05) is 41.5 Å². The molecule has 2 unspecified atom stereocenters. The minimum Gasteiger partial charge on any atom is -0.357 e. The number of aromatic amines is 1. The summed E-state index contributed by atoms with van der Waals surface area (Å²) in [5, 5.41) is 9.38. The van der Waals surface area contributed by atoms with E-state index in [9.17, 15) is 18.0 Å². The van der Waals surface area contributed by atoms with Crippen molar-refractivity contribution in [2.24, 2.45) is 17.0 Å². The van der Waals surface area contributed by atoms with Crippen molar-refractivity contribution in [3.63, 3.8) is 0 Å². The highest BCUT2D eigenvalue weighted by molar-refractivity contribution is 7.89. The van der Waals surface area contributed by atoms with E-state index < -0.39 is 10.0 Å². The number of nitrogens with two attached hydrogens (primary N) is 1. The third-order valence-corrected chi connectivity index (χ3v) is 8.51. The molecule has 9 heteroatoms. The molecule has 0 spiro atoms. The molecule has 0 radical (unpaired) electrons. The highest BCUT2D eigenvalue weighted by Gasteiger charge is 2.38. The molecule has 4 N–H and O–H groups in total. The van der Waals surface area contributed by atoms with E-state index in [4.69, 9.17) is 5.14 Å². The molecule has 1 fully saturated rings.